The van der Waals surface area contributed by atoms with Gasteiger partial charge in [-0.2, -0.15) is 0 Å². The minimum Gasteiger partial charge on any atom is -0.353 e. The maximum atomic E-state index is 11.7. The van der Waals surface area contributed by atoms with Crippen molar-refractivity contribution in [3.63, 3.8) is 0 Å². The van der Waals surface area contributed by atoms with Gasteiger partial charge in [0, 0.05) is 38.3 Å². The monoisotopic (exact) mass is 522 g/mol. The summed E-state index contributed by atoms with van der Waals surface area (Å²) in [5.41, 5.74) is 0. The van der Waals surface area contributed by atoms with E-state index in [1.807, 2.05) is 6.08 Å². The fourth-order valence-corrected chi connectivity index (χ4v) is 7.01. The molecule has 28 heavy (non-hydrogen) atoms. The second kappa shape index (κ2) is 9.64. The van der Waals surface area contributed by atoms with E-state index in [1.165, 1.54) is 38.6 Å². The van der Waals surface area contributed by atoms with Gasteiger partial charge >= 0.3 is 0 Å². The van der Waals surface area contributed by atoms with Gasteiger partial charge in [-0.05, 0) is 56.9 Å². The van der Waals surface area contributed by atoms with Gasteiger partial charge in [0.25, 0.3) is 0 Å². The van der Waals surface area contributed by atoms with Crippen molar-refractivity contribution in [2.75, 3.05) is 44.2 Å². The highest BCUT2D eigenvalue weighted by atomic mass is 127. The molecule has 1 saturated carbocycles. The van der Waals surface area contributed by atoms with Crippen molar-refractivity contribution >= 4 is 39.8 Å². The molecule has 3 heterocycles. The first-order valence-corrected chi connectivity index (χ1v) is 12.5. The van der Waals surface area contributed by atoms with Crippen LogP contribution < -0.4 is 5.32 Å². The number of rotatable bonds is 5. The summed E-state index contributed by atoms with van der Waals surface area (Å²) in [5.74, 6) is 2.48. The quantitative estimate of drug-likeness (QED) is 0.260. The zero-order chi connectivity index (χ0) is 18.9. The van der Waals surface area contributed by atoms with Gasteiger partial charge in [0.05, 0.1) is 11.5 Å². The van der Waals surface area contributed by atoms with E-state index in [4.69, 9.17) is 4.99 Å². The number of fused-ring (bicyclic) bond motifs is 1. The van der Waals surface area contributed by atoms with Crippen LogP contribution in [0, 0.1) is 11.8 Å². The number of guanidine groups is 1. The van der Waals surface area contributed by atoms with Crippen LogP contribution in [0.2, 0.25) is 0 Å². The number of hydrogen-bond donors (Lipinski definition) is 1. The largest absolute Gasteiger partial charge is 0.353 e. The lowest BCUT2D eigenvalue weighted by atomic mass is 9.83. The Morgan fingerprint density at radius 3 is 2.68 bits per heavy atom. The Morgan fingerprint density at radius 1 is 1.18 bits per heavy atom. The molecule has 1 N–H and O–H groups in total. The van der Waals surface area contributed by atoms with E-state index in [2.05, 4.69) is 21.7 Å². The molecule has 160 valence electrons. The van der Waals surface area contributed by atoms with Gasteiger partial charge in [-0.15, -0.1) is 30.6 Å². The Bertz CT molecular complexity index is 680. The number of nitrogens with zero attached hydrogens (tertiary/aromatic N) is 3. The molecular formula is C20H35IN4O2S. The fourth-order valence-electron chi connectivity index (χ4n) is 5.16. The topological polar surface area (TPSA) is 65.0 Å². The van der Waals surface area contributed by atoms with Crippen LogP contribution >= 0.6 is 24.0 Å². The van der Waals surface area contributed by atoms with Crippen molar-refractivity contribution in [3.8, 4) is 0 Å². The van der Waals surface area contributed by atoms with E-state index in [9.17, 15) is 8.42 Å². The van der Waals surface area contributed by atoms with Crippen molar-refractivity contribution < 1.29 is 8.42 Å². The molecule has 0 bridgehead atoms. The van der Waals surface area contributed by atoms with Gasteiger partial charge in [0.2, 0.25) is 0 Å². The third-order valence-electron chi connectivity index (χ3n) is 6.66. The first-order valence-electron chi connectivity index (χ1n) is 10.7. The minimum absolute atomic E-state index is 0. The van der Waals surface area contributed by atoms with Gasteiger partial charge in [-0.3, -0.25) is 9.89 Å². The van der Waals surface area contributed by atoms with Crippen LogP contribution in [0.1, 0.15) is 38.5 Å². The minimum atomic E-state index is -2.83. The molecule has 0 spiro atoms. The van der Waals surface area contributed by atoms with Crippen LogP contribution in [-0.4, -0.2) is 80.5 Å². The van der Waals surface area contributed by atoms with E-state index in [-0.39, 0.29) is 29.9 Å². The third kappa shape index (κ3) is 5.41. The average Bonchev–Trinajstić information content (AvgIpc) is 3.44. The SMILES string of the molecule is C=CCNC(=NCC1CCS(=O)(=O)C1)N1CCC2C(CCCN2C2CC2)C1.I. The van der Waals surface area contributed by atoms with Crippen molar-refractivity contribution in [2.45, 2.75) is 50.6 Å². The van der Waals surface area contributed by atoms with Crippen LogP contribution in [0.4, 0.5) is 0 Å². The standard InChI is InChI=1S/C20H34N4O2S.HI/c1-2-9-21-20(22-13-16-8-12-27(25,26)15-16)23-11-7-19-17(14-23)4-3-10-24(19)18-5-6-18;/h2,16-19H,1,3-15H2,(H,21,22);1H. The molecular weight excluding hydrogens is 487 g/mol. The van der Waals surface area contributed by atoms with Gasteiger partial charge in [0.1, 0.15) is 0 Å². The lowest BCUT2D eigenvalue weighted by Gasteiger charge is -2.48. The summed E-state index contributed by atoms with van der Waals surface area (Å²) in [5, 5.41) is 3.42. The van der Waals surface area contributed by atoms with E-state index in [1.54, 1.807) is 0 Å². The summed E-state index contributed by atoms with van der Waals surface area (Å²) in [7, 11) is -2.83. The molecule has 6 nitrogen and oxygen atoms in total. The molecule has 8 heteroatoms. The fraction of sp³-hybridized carbons (Fsp3) is 0.850. The molecule has 0 aromatic carbocycles. The molecule has 4 aliphatic rings. The van der Waals surface area contributed by atoms with Crippen LogP contribution in [0.15, 0.2) is 17.6 Å². The van der Waals surface area contributed by atoms with Gasteiger partial charge in [0.15, 0.2) is 15.8 Å². The first-order chi connectivity index (χ1) is 13.1. The summed E-state index contributed by atoms with van der Waals surface area (Å²) < 4.78 is 23.4. The average molecular weight is 522 g/mol. The Balaban J connectivity index is 0.00000225. The lowest BCUT2D eigenvalue weighted by molar-refractivity contribution is 0.0370. The van der Waals surface area contributed by atoms with E-state index in [0.29, 0.717) is 24.6 Å². The number of halogens is 1. The normalized spacial score (nSPS) is 33.1. The predicted molar refractivity (Wildman–Crippen MR) is 125 cm³/mol. The van der Waals surface area contributed by atoms with Gasteiger partial charge < -0.3 is 10.2 Å². The molecule has 1 aliphatic carbocycles. The first kappa shape index (κ1) is 22.3. The van der Waals surface area contributed by atoms with Crippen molar-refractivity contribution in [1.29, 1.82) is 0 Å². The second-order valence-corrected chi connectivity index (χ2v) is 11.0. The van der Waals surface area contributed by atoms with Gasteiger partial charge in [-0.25, -0.2) is 8.42 Å². The van der Waals surface area contributed by atoms with Crippen LogP contribution in [0.5, 0.6) is 0 Å². The molecule has 3 unspecified atom stereocenters. The van der Waals surface area contributed by atoms with Crippen LogP contribution in [-0.2, 0) is 9.84 Å². The van der Waals surface area contributed by atoms with E-state index < -0.39 is 9.84 Å². The number of likely N-dealkylation sites (tertiary alicyclic amines) is 2. The van der Waals surface area contributed by atoms with Crippen LogP contribution in [0.3, 0.4) is 0 Å². The molecule has 0 radical (unpaired) electrons. The lowest BCUT2D eigenvalue weighted by Crippen LogP contribution is -2.57. The molecule has 0 aromatic rings. The number of nitrogens with one attached hydrogen (secondary N) is 1. The Kier molecular flexibility index (Phi) is 7.69. The van der Waals surface area contributed by atoms with Crippen molar-refractivity contribution in [1.82, 2.24) is 15.1 Å². The highest BCUT2D eigenvalue weighted by Crippen LogP contribution is 2.38. The number of aliphatic imine (C=N–C) groups is 1. The van der Waals surface area contributed by atoms with Crippen LogP contribution in [0.25, 0.3) is 0 Å². The van der Waals surface area contributed by atoms with Gasteiger partial charge in [-0.1, -0.05) is 6.08 Å². The summed E-state index contributed by atoms with van der Waals surface area (Å²) >= 11 is 0. The highest BCUT2D eigenvalue weighted by Gasteiger charge is 2.42. The maximum absolute atomic E-state index is 11.7. The Labute approximate surface area is 187 Å². The summed E-state index contributed by atoms with van der Waals surface area (Å²) in [6, 6.07) is 1.61. The molecule has 0 amide bonds. The number of piperidine rings is 2. The summed E-state index contributed by atoms with van der Waals surface area (Å²) in [6.45, 7) is 8.51. The predicted octanol–water partition coefficient (Wildman–Crippen LogP) is 2.12. The molecule has 4 fully saturated rings. The van der Waals surface area contributed by atoms with E-state index in [0.717, 1.165) is 43.5 Å². The Hall–Kier alpha value is -0.350. The smallest absolute Gasteiger partial charge is 0.194 e. The molecule has 3 atom stereocenters. The molecule has 0 aromatic heterocycles. The molecule has 3 saturated heterocycles. The molecule has 4 rings (SSSR count). The molecule has 3 aliphatic heterocycles. The maximum Gasteiger partial charge on any atom is 0.194 e. The van der Waals surface area contributed by atoms with Crippen molar-refractivity contribution in [2.24, 2.45) is 16.8 Å². The number of sulfone groups is 1. The highest BCUT2D eigenvalue weighted by molar-refractivity contribution is 14.0. The zero-order valence-electron chi connectivity index (χ0n) is 16.8. The third-order valence-corrected chi connectivity index (χ3v) is 8.49. The summed E-state index contributed by atoms with van der Waals surface area (Å²) in [6.07, 6.45) is 9.25. The second-order valence-electron chi connectivity index (χ2n) is 8.78. The zero-order valence-corrected chi connectivity index (χ0v) is 19.9. The summed E-state index contributed by atoms with van der Waals surface area (Å²) in [4.78, 5) is 10.0. The van der Waals surface area contributed by atoms with E-state index >= 15 is 0 Å². The Morgan fingerprint density at radius 2 is 2.00 bits per heavy atom. The van der Waals surface area contributed by atoms with Crippen molar-refractivity contribution in [3.05, 3.63) is 12.7 Å². The number of hydrogen-bond acceptors (Lipinski definition) is 4.